The maximum atomic E-state index is 5.71. The van der Waals surface area contributed by atoms with Gasteiger partial charge >= 0.3 is 0 Å². The van der Waals surface area contributed by atoms with E-state index in [1.807, 2.05) is 6.07 Å². The van der Waals surface area contributed by atoms with Crippen LogP contribution in [0.4, 0.5) is 0 Å². The number of aromatic nitrogens is 1. The van der Waals surface area contributed by atoms with Crippen LogP contribution in [0.25, 0.3) is 0 Å². The summed E-state index contributed by atoms with van der Waals surface area (Å²) in [5.74, 6) is 1.44. The predicted octanol–water partition coefficient (Wildman–Crippen LogP) is 2.65. The summed E-state index contributed by atoms with van der Waals surface area (Å²) >= 11 is 3.43. The lowest BCUT2D eigenvalue weighted by molar-refractivity contribution is 0.0496. The minimum absolute atomic E-state index is 0.617. The first-order valence-electron chi connectivity index (χ1n) is 5.16. The molecule has 0 bridgehead atoms. The molecule has 0 saturated carbocycles. The smallest absolute Gasteiger partial charge is 0.151 e. The molecule has 0 atom stereocenters. The number of pyridine rings is 1. The van der Waals surface area contributed by atoms with Gasteiger partial charge in [-0.05, 0) is 40.8 Å². The van der Waals surface area contributed by atoms with Gasteiger partial charge in [0, 0.05) is 19.4 Å². The highest BCUT2D eigenvalue weighted by molar-refractivity contribution is 9.10. The van der Waals surface area contributed by atoms with Gasteiger partial charge in [-0.1, -0.05) is 0 Å². The number of hydrogen-bond donors (Lipinski definition) is 0. The van der Waals surface area contributed by atoms with Crippen LogP contribution in [0.15, 0.2) is 22.9 Å². The van der Waals surface area contributed by atoms with E-state index in [0.717, 1.165) is 42.9 Å². The van der Waals surface area contributed by atoms with Gasteiger partial charge in [0.25, 0.3) is 0 Å². The third-order valence-electron chi connectivity index (χ3n) is 2.55. The molecule has 1 saturated heterocycles. The van der Waals surface area contributed by atoms with Crippen LogP contribution < -0.4 is 4.74 Å². The summed E-state index contributed by atoms with van der Waals surface area (Å²) in [4.78, 5) is 4.03. The molecule has 0 amide bonds. The van der Waals surface area contributed by atoms with Gasteiger partial charge in [-0.15, -0.1) is 0 Å². The molecule has 0 N–H and O–H groups in total. The molecule has 1 aromatic rings. The first-order valence-corrected chi connectivity index (χ1v) is 5.95. The SMILES string of the molecule is Brc1ccncc1OCC1CCOCC1. The van der Waals surface area contributed by atoms with Crippen LogP contribution in [0.3, 0.4) is 0 Å². The van der Waals surface area contributed by atoms with Crippen molar-refractivity contribution in [1.82, 2.24) is 4.98 Å². The largest absolute Gasteiger partial charge is 0.490 e. The fraction of sp³-hybridized carbons (Fsp3) is 0.545. The summed E-state index contributed by atoms with van der Waals surface area (Å²) in [6, 6.07) is 1.89. The Morgan fingerprint density at radius 1 is 1.47 bits per heavy atom. The molecular weight excluding hydrogens is 258 g/mol. The Labute approximate surface area is 97.9 Å². The van der Waals surface area contributed by atoms with E-state index in [1.54, 1.807) is 12.4 Å². The van der Waals surface area contributed by atoms with Crippen LogP contribution in [0.5, 0.6) is 5.75 Å². The van der Waals surface area contributed by atoms with Crippen LogP contribution in [0.2, 0.25) is 0 Å². The van der Waals surface area contributed by atoms with Gasteiger partial charge in [0.2, 0.25) is 0 Å². The Morgan fingerprint density at radius 2 is 2.27 bits per heavy atom. The monoisotopic (exact) mass is 271 g/mol. The first-order chi connectivity index (χ1) is 7.36. The molecule has 3 nitrogen and oxygen atoms in total. The zero-order valence-corrected chi connectivity index (χ0v) is 10.1. The molecule has 1 aromatic heterocycles. The minimum Gasteiger partial charge on any atom is -0.490 e. The van der Waals surface area contributed by atoms with Crippen molar-refractivity contribution in [1.29, 1.82) is 0 Å². The zero-order chi connectivity index (χ0) is 10.5. The number of halogens is 1. The van der Waals surface area contributed by atoms with Crippen LogP contribution >= 0.6 is 15.9 Å². The molecular formula is C11H14BrNO2. The third kappa shape index (κ3) is 3.18. The highest BCUT2D eigenvalue weighted by Crippen LogP contribution is 2.24. The predicted molar refractivity (Wildman–Crippen MR) is 61.0 cm³/mol. The van der Waals surface area contributed by atoms with Crippen LogP contribution in [0.1, 0.15) is 12.8 Å². The van der Waals surface area contributed by atoms with E-state index >= 15 is 0 Å². The Kier molecular flexibility index (Phi) is 3.97. The average molecular weight is 272 g/mol. The second-order valence-electron chi connectivity index (χ2n) is 3.67. The highest BCUT2D eigenvalue weighted by atomic mass is 79.9. The molecule has 4 heteroatoms. The number of hydrogen-bond acceptors (Lipinski definition) is 3. The number of rotatable bonds is 3. The van der Waals surface area contributed by atoms with Crippen molar-refractivity contribution in [3.63, 3.8) is 0 Å². The van der Waals surface area contributed by atoms with Gasteiger partial charge in [-0.3, -0.25) is 4.98 Å². The summed E-state index contributed by atoms with van der Waals surface area (Å²) in [5.41, 5.74) is 0. The van der Waals surface area contributed by atoms with Gasteiger partial charge < -0.3 is 9.47 Å². The van der Waals surface area contributed by atoms with Crippen LogP contribution in [-0.2, 0) is 4.74 Å². The molecule has 2 heterocycles. The standard InChI is InChI=1S/C11H14BrNO2/c12-10-1-4-13-7-11(10)15-8-9-2-5-14-6-3-9/h1,4,7,9H,2-3,5-6,8H2. The van der Waals surface area contributed by atoms with Crippen molar-refractivity contribution < 1.29 is 9.47 Å². The third-order valence-corrected chi connectivity index (χ3v) is 3.20. The maximum absolute atomic E-state index is 5.71. The Bertz CT molecular complexity index is 313. The van der Waals surface area contributed by atoms with Gasteiger partial charge in [0.1, 0.15) is 0 Å². The Morgan fingerprint density at radius 3 is 3.00 bits per heavy atom. The van der Waals surface area contributed by atoms with E-state index in [-0.39, 0.29) is 0 Å². The lowest BCUT2D eigenvalue weighted by Gasteiger charge is -2.22. The van der Waals surface area contributed by atoms with Gasteiger partial charge in [-0.25, -0.2) is 0 Å². The van der Waals surface area contributed by atoms with Gasteiger partial charge in [-0.2, -0.15) is 0 Å². The van der Waals surface area contributed by atoms with Crippen molar-refractivity contribution in [3.8, 4) is 5.75 Å². The normalized spacial score (nSPS) is 17.7. The second-order valence-corrected chi connectivity index (χ2v) is 4.53. The van der Waals surface area contributed by atoms with Crippen molar-refractivity contribution in [2.45, 2.75) is 12.8 Å². The minimum atomic E-state index is 0.617. The molecule has 1 fully saturated rings. The quantitative estimate of drug-likeness (QED) is 0.847. The molecule has 15 heavy (non-hydrogen) atoms. The fourth-order valence-corrected chi connectivity index (χ4v) is 1.92. The van der Waals surface area contributed by atoms with E-state index in [2.05, 4.69) is 20.9 Å². The van der Waals surface area contributed by atoms with E-state index in [1.165, 1.54) is 0 Å². The molecule has 1 aliphatic rings. The van der Waals surface area contributed by atoms with Crippen molar-refractivity contribution in [2.75, 3.05) is 19.8 Å². The van der Waals surface area contributed by atoms with E-state index in [9.17, 15) is 0 Å². The zero-order valence-electron chi connectivity index (χ0n) is 8.49. The molecule has 0 aromatic carbocycles. The highest BCUT2D eigenvalue weighted by Gasteiger charge is 2.14. The van der Waals surface area contributed by atoms with Gasteiger partial charge in [0.15, 0.2) is 5.75 Å². The van der Waals surface area contributed by atoms with E-state index < -0.39 is 0 Å². The Hall–Kier alpha value is -0.610. The van der Waals surface area contributed by atoms with E-state index in [0.29, 0.717) is 5.92 Å². The summed E-state index contributed by atoms with van der Waals surface area (Å²) in [5, 5.41) is 0. The molecule has 0 aliphatic carbocycles. The lowest BCUT2D eigenvalue weighted by atomic mass is 10.0. The lowest BCUT2D eigenvalue weighted by Crippen LogP contribution is -2.21. The molecule has 1 aliphatic heterocycles. The van der Waals surface area contributed by atoms with Crippen LogP contribution in [-0.4, -0.2) is 24.8 Å². The Balaban J connectivity index is 1.84. The van der Waals surface area contributed by atoms with Crippen molar-refractivity contribution in [3.05, 3.63) is 22.9 Å². The van der Waals surface area contributed by atoms with Gasteiger partial charge in [0.05, 0.1) is 17.3 Å². The van der Waals surface area contributed by atoms with E-state index in [4.69, 9.17) is 9.47 Å². The topological polar surface area (TPSA) is 31.4 Å². The molecule has 82 valence electrons. The molecule has 0 spiro atoms. The summed E-state index contributed by atoms with van der Waals surface area (Å²) in [6.45, 7) is 2.48. The maximum Gasteiger partial charge on any atom is 0.151 e. The van der Waals surface area contributed by atoms with Crippen LogP contribution in [0, 0.1) is 5.92 Å². The van der Waals surface area contributed by atoms with Crippen molar-refractivity contribution >= 4 is 15.9 Å². The fourth-order valence-electron chi connectivity index (χ4n) is 1.59. The molecule has 2 rings (SSSR count). The number of nitrogens with zero attached hydrogens (tertiary/aromatic N) is 1. The summed E-state index contributed by atoms with van der Waals surface area (Å²) in [6.07, 6.45) is 5.67. The first kappa shape index (κ1) is 10.9. The average Bonchev–Trinajstić information content (AvgIpc) is 2.29. The molecule has 0 radical (unpaired) electrons. The number of ether oxygens (including phenoxy) is 2. The second kappa shape index (κ2) is 5.47. The summed E-state index contributed by atoms with van der Waals surface area (Å²) < 4.78 is 12.0. The van der Waals surface area contributed by atoms with Crippen molar-refractivity contribution in [2.24, 2.45) is 5.92 Å². The summed E-state index contributed by atoms with van der Waals surface area (Å²) in [7, 11) is 0. The molecule has 0 unspecified atom stereocenters.